The summed E-state index contributed by atoms with van der Waals surface area (Å²) >= 11 is 0. The van der Waals surface area contributed by atoms with Crippen molar-refractivity contribution in [2.24, 2.45) is 5.41 Å². The summed E-state index contributed by atoms with van der Waals surface area (Å²) in [7, 11) is 0. The Morgan fingerprint density at radius 3 is 1.48 bits per heavy atom. The molecule has 0 aliphatic carbocycles. The van der Waals surface area contributed by atoms with E-state index in [4.69, 9.17) is 23.7 Å². The average Bonchev–Trinajstić information content (AvgIpc) is 3.95. The zero-order valence-electron chi connectivity index (χ0n) is 36.7. The van der Waals surface area contributed by atoms with E-state index in [1.165, 1.54) is 6.92 Å². The number of carbonyl (C=O) groups is 4. The van der Waals surface area contributed by atoms with Gasteiger partial charge in [0.2, 0.25) is 17.7 Å². The summed E-state index contributed by atoms with van der Waals surface area (Å²) in [4.78, 5) is 55.1. The lowest BCUT2D eigenvalue weighted by atomic mass is 9.92. The largest absolute Gasteiger partial charge is 0.462 e. The average molecular weight is 826 g/mol. The Kier molecular flexibility index (Phi) is 23.7. The van der Waals surface area contributed by atoms with Gasteiger partial charge in [0.25, 0.3) is 0 Å². The smallest absolute Gasteiger partial charge is 0.302 e. The second kappa shape index (κ2) is 27.5. The molecule has 6 atom stereocenters. The van der Waals surface area contributed by atoms with Gasteiger partial charge in [-0.1, -0.05) is 20.8 Å². The number of hydrogen-bond acceptors (Lipinski definition) is 11. The second-order valence-corrected chi connectivity index (χ2v) is 17.0. The van der Waals surface area contributed by atoms with Gasteiger partial charge in [0.1, 0.15) is 6.10 Å². The standard InChI is InChI=1S/C44H79N3O11/c1-6-36(45-21-9-18-41(45)51)15-12-24-54-31-44(30-48,32-55-25-13-16-37(7-2)46-22-10-19-42(46)52)33-56-26-14-17-38(47-23-11-20-43(47)53)29-57-34(4)27-40(58-35(5)49)28-39(50)8-3/h34,36-40,48,50H,6-33H2,1-5H3. The van der Waals surface area contributed by atoms with E-state index in [2.05, 4.69) is 13.8 Å². The highest BCUT2D eigenvalue weighted by Crippen LogP contribution is 2.25. The van der Waals surface area contributed by atoms with Crippen LogP contribution >= 0.6 is 0 Å². The van der Waals surface area contributed by atoms with E-state index in [0.29, 0.717) is 84.3 Å². The molecule has 14 heteroatoms. The number of hydrogen-bond donors (Lipinski definition) is 2. The maximum Gasteiger partial charge on any atom is 0.302 e. The SMILES string of the molecule is CCC(O)CC(CC(C)OCC(CCCOCC(CO)(COCCCC(CC)N1CCCC1=O)COCCCC(CC)N1CCCC1=O)N1CCCC1=O)OC(C)=O. The molecule has 3 aliphatic heterocycles. The summed E-state index contributed by atoms with van der Waals surface area (Å²) < 4.78 is 30.4. The molecule has 3 saturated heterocycles. The Hall–Kier alpha value is -2.36. The van der Waals surface area contributed by atoms with Crippen LogP contribution in [0.2, 0.25) is 0 Å². The van der Waals surface area contributed by atoms with Crippen molar-refractivity contribution in [1.82, 2.24) is 14.7 Å². The molecule has 0 saturated carbocycles. The molecule has 0 aromatic rings. The lowest BCUT2D eigenvalue weighted by molar-refractivity contribution is -0.150. The van der Waals surface area contributed by atoms with Crippen LogP contribution in [0.1, 0.15) is 144 Å². The number of aliphatic hydroxyl groups excluding tert-OH is 2. The monoisotopic (exact) mass is 826 g/mol. The van der Waals surface area contributed by atoms with Crippen molar-refractivity contribution in [3.8, 4) is 0 Å². The summed E-state index contributed by atoms with van der Waals surface area (Å²) in [6.45, 7) is 14.1. The molecule has 0 aromatic heterocycles. The van der Waals surface area contributed by atoms with Gasteiger partial charge in [0.15, 0.2) is 0 Å². The molecule has 3 heterocycles. The molecule has 3 fully saturated rings. The van der Waals surface area contributed by atoms with Crippen LogP contribution in [0.15, 0.2) is 0 Å². The summed E-state index contributed by atoms with van der Waals surface area (Å²) in [5, 5.41) is 20.9. The molecule has 3 amide bonds. The lowest BCUT2D eigenvalue weighted by Gasteiger charge is -2.32. The van der Waals surface area contributed by atoms with E-state index in [9.17, 15) is 29.4 Å². The highest BCUT2D eigenvalue weighted by molar-refractivity contribution is 5.79. The molecular weight excluding hydrogens is 746 g/mol. The Morgan fingerprint density at radius 2 is 1.12 bits per heavy atom. The summed E-state index contributed by atoms with van der Waals surface area (Å²) in [6, 6.07) is 0.317. The Bertz CT molecular complexity index is 1160. The quantitative estimate of drug-likeness (QED) is 0.0674. The first-order chi connectivity index (χ1) is 27.9. The molecule has 0 radical (unpaired) electrons. The second-order valence-electron chi connectivity index (χ2n) is 17.0. The van der Waals surface area contributed by atoms with Crippen molar-refractivity contribution in [2.45, 2.75) is 180 Å². The molecule has 0 spiro atoms. The van der Waals surface area contributed by atoms with E-state index in [0.717, 1.165) is 70.9 Å². The fourth-order valence-electron chi connectivity index (χ4n) is 8.66. The van der Waals surface area contributed by atoms with E-state index in [1.807, 2.05) is 28.5 Å². The van der Waals surface area contributed by atoms with Crippen molar-refractivity contribution in [1.29, 1.82) is 0 Å². The number of rotatable bonds is 33. The number of aliphatic hydroxyl groups is 2. The first kappa shape index (κ1) is 50.0. The third kappa shape index (κ3) is 17.3. The van der Waals surface area contributed by atoms with Crippen molar-refractivity contribution in [3.05, 3.63) is 0 Å². The number of carbonyl (C=O) groups excluding carboxylic acids is 4. The molecule has 6 unspecified atom stereocenters. The van der Waals surface area contributed by atoms with Gasteiger partial charge < -0.3 is 48.6 Å². The van der Waals surface area contributed by atoms with Gasteiger partial charge in [-0.2, -0.15) is 0 Å². The molecule has 14 nitrogen and oxygen atoms in total. The van der Waals surface area contributed by atoms with Crippen molar-refractivity contribution in [2.75, 3.05) is 72.5 Å². The maximum absolute atomic E-state index is 12.8. The summed E-state index contributed by atoms with van der Waals surface area (Å²) in [6.07, 6.45) is 11.1. The van der Waals surface area contributed by atoms with E-state index >= 15 is 0 Å². The first-order valence-corrected chi connectivity index (χ1v) is 22.6. The number of esters is 1. The third-order valence-electron chi connectivity index (χ3n) is 12.1. The van der Waals surface area contributed by atoms with Gasteiger partial charge in [0.05, 0.1) is 56.7 Å². The fourth-order valence-corrected chi connectivity index (χ4v) is 8.66. The number of amides is 3. The highest BCUT2D eigenvalue weighted by atomic mass is 16.5. The van der Waals surface area contributed by atoms with Gasteiger partial charge in [-0.3, -0.25) is 19.2 Å². The molecule has 3 aliphatic rings. The van der Waals surface area contributed by atoms with Gasteiger partial charge in [-0.05, 0) is 84.0 Å². The van der Waals surface area contributed by atoms with E-state index in [1.54, 1.807) is 0 Å². The summed E-state index contributed by atoms with van der Waals surface area (Å²) in [5.74, 6) is 0.215. The molecule has 3 rings (SSSR count). The predicted molar refractivity (Wildman–Crippen MR) is 221 cm³/mol. The maximum atomic E-state index is 12.8. The number of ether oxygens (including phenoxy) is 5. The van der Waals surface area contributed by atoms with Crippen LogP contribution < -0.4 is 0 Å². The predicted octanol–water partition coefficient (Wildman–Crippen LogP) is 5.04. The number of nitrogens with zero attached hydrogens (tertiary/aromatic N) is 3. The van der Waals surface area contributed by atoms with Gasteiger partial charge in [-0.25, -0.2) is 0 Å². The normalized spacial score (nSPS) is 20.4. The van der Waals surface area contributed by atoms with Crippen LogP contribution in [0.5, 0.6) is 0 Å². The zero-order chi connectivity index (χ0) is 42.3. The lowest BCUT2D eigenvalue weighted by Crippen LogP contribution is -2.42. The molecule has 2 N–H and O–H groups in total. The highest BCUT2D eigenvalue weighted by Gasteiger charge is 2.33. The van der Waals surface area contributed by atoms with Gasteiger partial charge in [-0.15, -0.1) is 0 Å². The topological polar surface area (TPSA) is 165 Å². The van der Waals surface area contributed by atoms with E-state index < -0.39 is 23.6 Å². The minimum atomic E-state index is -0.767. The zero-order valence-corrected chi connectivity index (χ0v) is 36.7. The van der Waals surface area contributed by atoms with Crippen molar-refractivity contribution in [3.63, 3.8) is 0 Å². The van der Waals surface area contributed by atoms with Crippen molar-refractivity contribution < 1.29 is 53.1 Å². The van der Waals surface area contributed by atoms with Crippen molar-refractivity contribution >= 4 is 23.7 Å². The van der Waals surface area contributed by atoms with Crippen LogP contribution in [-0.2, 0) is 42.9 Å². The Labute approximate surface area is 348 Å². The Morgan fingerprint density at radius 1 is 0.690 bits per heavy atom. The van der Waals surface area contributed by atoms with Crippen LogP contribution in [0.3, 0.4) is 0 Å². The minimum absolute atomic E-state index is 0.120. The van der Waals surface area contributed by atoms with E-state index in [-0.39, 0.29) is 68.4 Å². The van der Waals surface area contributed by atoms with Crippen LogP contribution in [0.25, 0.3) is 0 Å². The minimum Gasteiger partial charge on any atom is -0.462 e. The molecular formula is C44H79N3O11. The number of likely N-dealkylation sites (tertiary alicyclic amines) is 3. The van der Waals surface area contributed by atoms with Crippen LogP contribution in [0.4, 0.5) is 0 Å². The fraction of sp³-hybridized carbons (Fsp3) is 0.909. The third-order valence-corrected chi connectivity index (χ3v) is 12.1. The van der Waals surface area contributed by atoms with Gasteiger partial charge >= 0.3 is 5.97 Å². The first-order valence-electron chi connectivity index (χ1n) is 22.6. The van der Waals surface area contributed by atoms with Crippen LogP contribution in [0, 0.1) is 5.41 Å². The molecule has 58 heavy (non-hydrogen) atoms. The Balaban J connectivity index is 1.53. The molecule has 336 valence electrons. The summed E-state index contributed by atoms with van der Waals surface area (Å²) in [5.41, 5.74) is -0.767. The van der Waals surface area contributed by atoms with Crippen LogP contribution in [-0.4, -0.2) is 158 Å². The van der Waals surface area contributed by atoms with Gasteiger partial charge in [0, 0.05) is 90.6 Å². The molecule has 0 aromatic carbocycles. The molecule has 0 bridgehead atoms.